The molecule has 1 atom stereocenters. The number of Topliss-reactive ketones (excluding diaryl/α,β-unsaturated/α-hetero) is 1. The summed E-state index contributed by atoms with van der Waals surface area (Å²) in [4.78, 5) is 12.2. The normalized spacial score (nSPS) is 22.4. The van der Waals surface area contributed by atoms with E-state index in [1.807, 2.05) is 24.3 Å². The minimum absolute atomic E-state index is 0.00680. The molecule has 0 saturated carbocycles. The molecule has 1 aromatic carbocycles. The molecule has 0 spiro atoms. The van der Waals surface area contributed by atoms with Gasteiger partial charge in [0.2, 0.25) is 0 Å². The maximum absolute atomic E-state index is 12.2. The summed E-state index contributed by atoms with van der Waals surface area (Å²) >= 11 is 0. The summed E-state index contributed by atoms with van der Waals surface area (Å²) in [6, 6.07) is 7.54. The van der Waals surface area contributed by atoms with Crippen molar-refractivity contribution in [1.82, 2.24) is 0 Å². The third-order valence-corrected chi connectivity index (χ3v) is 5.41. The van der Waals surface area contributed by atoms with Crippen molar-refractivity contribution in [2.45, 2.75) is 32.6 Å². The molecule has 0 aromatic heterocycles. The van der Waals surface area contributed by atoms with E-state index in [0.29, 0.717) is 12.0 Å². The van der Waals surface area contributed by atoms with Crippen LogP contribution in [-0.2, 0) is 15.3 Å². The Hall–Kier alpha value is -1.16. The van der Waals surface area contributed by atoms with Crippen molar-refractivity contribution in [3.05, 3.63) is 35.4 Å². The van der Waals surface area contributed by atoms with Crippen LogP contribution in [0.1, 0.15) is 43.1 Å². The van der Waals surface area contributed by atoms with Crippen molar-refractivity contribution < 1.29 is 13.2 Å². The van der Waals surface area contributed by atoms with Gasteiger partial charge in [-0.3, -0.25) is 4.79 Å². The van der Waals surface area contributed by atoms with Crippen LogP contribution in [0.2, 0.25) is 0 Å². The van der Waals surface area contributed by atoms with Gasteiger partial charge in [0.05, 0.1) is 11.5 Å². The molecule has 1 unspecified atom stereocenters. The van der Waals surface area contributed by atoms with Gasteiger partial charge in [-0.15, -0.1) is 0 Å². The number of carbonyl (C=O) groups excluding carboxylic acids is 1. The molecule has 0 radical (unpaired) electrons. The molecule has 0 N–H and O–H groups in total. The Labute approximate surface area is 114 Å². The molecule has 4 heteroatoms. The minimum Gasteiger partial charge on any atom is -0.294 e. The second-order valence-corrected chi connectivity index (χ2v) is 8.52. The first-order valence-electron chi connectivity index (χ1n) is 6.54. The molecule has 3 nitrogen and oxygen atoms in total. The van der Waals surface area contributed by atoms with Gasteiger partial charge in [0.25, 0.3) is 0 Å². The van der Waals surface area contributed by atoms with Crippen LogP contribution in [0.15, 0.2) is 24.3 Å². The van der Waals surface area contributed by atoms with Crippen molar-refractivity contribution in [2.75, 3.05) is 11.5 Å². The first-order chi connectivity index (χ1) is 8.69. The molecule has 2 rings (SSSR count). The smallest absolute Gasteiger partial charge is 0.166 e. The molecular formula is C15H20O3S. The summed E-state index contributed by atoms with van der Waals surface area (Å²) in [5.74, 6) is -0.247. The van der Waals surface area contributed by atoms with Gasteiger partial charge in [-0.2, -0.15) is 0 Å². The van der Waals surface area contributed by atoms with Crippen molar-refractivity contribution in [3.8, 4) is 0 Å². The quantitative estimate of drug-likeness (QED) is 0.782. The van der Waals surface area contributed by atoms with E-state index in [0.717, 1.165) is 0 Å². The molecule has 104 valence electrons. The highest BCUT2D eigenvalue weighted by Crippen LogP contribution is 2.25. The van der Waals surface area contributed by atoms with Crippen molar-refractivity contribution in [3.63, 3.8) is 0 Å². The van der Waals surface area contributed by atoms with Gasteiger partial charge < -0.3 is 0 Å². The molecular weight excluding hydrogens is 260 g/mol. The van der Waals surface area contributed by atoms with E-state index in [2.05, 4.69) is 20.8 Å². The lowest BCUT2D eigenvalue weighted by molar-refractivity contribution is 0.0933. The van der Waals surface area contributed by atoms with Crippen LogP contribution >= 0.6 is 0 Å². The molecule has 1 saturated heterocycles. The van der Waals surface area contributed by atoms with E-state index < -0.39 is 9.84 Å². The van der Waals surface area contributed by atoms with Crippen molar-refractivity contribution >= 4 is 15.6 Å². The largest absolute Gasteiger partial charge is 0.294 e. The highest BCUT2D eigenvalue weighted by molar-refractivity contribution is 7.91. The molecule has 1 fully saturated rings. The summed E-state index contributed by atoms with van der Waals surface area (Å²) < 4.78 is 22.8. The maximum Gasteiger partial charge on any atom is 0.166 e. The summed E-state index contributed by atoms with van der Waals surface area (Å²) in [5, 5.41) is 0. The standard InChI is InChI=1S/C15H20O3S/c1-15(2,3)13-6-4-11(5-7-13)14(16)12-8-9-19(17,18)10-12/h4-7,12H,8-10H2,1-3H3. The summed E-state index contributed by atoms with van der Waals surface area (Å²) in [6.07, 6.45) is 0.461. The third kappa shape index (κ3) is 3.24. The monoisotopic (exact) mass is 280 g/mol. The SMILES string of the molecule is CC(C)(C)c1ccc(C(=O)C2CCS(=O)(=O)C2)cc1. The second-order valence-electron chi connectivity index (χ2n) is 6.29. The van der Waals surface area contributed by atoms with Gasteiger partial charge in [0.1, 0.15) is 0 Å². The van der Waals surface area contributed by atoms with Crippen molar-refractivity contribution in [1.29, 1.82) is 0 Å². The lowest BCUT2D eigenvalue weighted by Crippen LogP contribution is -2.17. The Kier molecular flexibility index (Phi) is 3.56. The Bertz CT molecular complexity index is 577. The Balaban J connectivity index is 2.17. The summed E-state index contributed by atoms with van der Waals surface area (Å²) in [5.41, 5.74) is 1.84. The number of ketones is 1. The topological polar surface area (TPSA) is 51.2 Å². The number of hydrogen-bond acceptors (Lipinski definition) is 3. The summed E-state index contributed by atoms with van der Waals surface area (Å²) in [6.45, 7) is 6.36. The number of rotatable bonds is 2. The van der Waals surface area contributed by atoms with Crippen LogP contribution in [0.25, 0.3) is 0 Å². The van der Waals surface area contributed by atoms with E-state index in [1.54, 1.807) is 0 Å². The zero-order valence-corrected chi connectivity index (χ0v) is 12.5. The van der Waals surface area contributed by atoms with Gasteiger partial charge in [-0.1, -0.05) is 45.0 Å². The number of sulfone groups is 1. The molecule has 1 aliphatic heterocycles. The van der Waals surface area contributed by atoms with Gasteiger partial charge in [0, 0.05) is 11.5 Å². The average Bonchev–Trinajstić information content (AvgIpc) is 2.68. The highest BCUT2D eigenvalue weighted by Gasteiger charge is 2.33. The van der Waals surface area contributed by atoms with Crippen LogP contribution < -0.4 is 0 Å². The molecule has 0 amide bonds. The fraction of sp³-hybridized carbons (Fsp3) is 0.533. The van der Waals surface area contributed by atoms with E-state index in [-0.39, 0.29) is 28.6 Å². The molecule has 0 bridgehead atoms. The second kappa shape index (κ2) is 4.75. The van der Waals surface area contributed by atoms with E-state index in [1.165, 1.54) is 5.56 Å². The number of hydrogen-bond donors (Lipinski definition) is 0. The van der Waals surface area contributed by atoms with E-state index in [9.17, 15) is 13.2 Å². The van der Waals surface area contributed by atoms with Crippen LogP contribution in [0.5, 0.6) is 0 Å². The van der Waals surface area contributed by atoms with Crippen LogP contribution in [-0.4, -0.2) is 25.7 Å². The lowest BCUT2D eigenvalue weighted by Gasteiger charge is -2.19. The average molecular weight is 280 g/mol. The third-order valence-electron chi connectivity index (χ3n) is 3.64. The van der Waals surface area contributed by atoms with E-state index in [4.69, 9.17) is 0 Å². The van der Waals surface area contributed by atoms with Gasteiger partial charge in [-0.05, 0) is 17.4 Å². The Morgan fingerprint density at radius 3 is 2.16 bits per heavy atom. The number of carbonyl (C=O) groups is 1. The summed E-state index contributed by atoms with van der Waals surface area (Å²) in [7, 11) is -3.00. The number of benzene rings is 1. The minimum atomic E-state index is -3.00. The maximum atomic E-state index is 12.2. The lowest BCUT2D eigenvalue weighted by atomic mass is 9.86. The van der Waals surface area contributed by atoms with Gasteiger partial charge >= 0.3 is 0 Å². The fourth-order valence-electron chi connectivity index (χ4n) is 2.37. The Morgan fingerprint density at radius 2 is 1.74 bits per heavy atom. The molecule has 0 aliphatic carbocycles. The first-order valence-corrected chi connectivity index (χ1v) is 8.36. The molecule has 1 aromatic rings. The highest BCUT2D eigenvalue weighted by atomic mass is 32.2. The molecule has 19 heavy (non-hydrogen) atoms. The van der Waals surface area contributed by atoms with Gasteiger partial charge in [-0.25, -0.2) is 8.42 Å². The van der Waals surface area contributed by atoms with Crippen LogP contribution in [0.3, 0.4) is 0 Å². The van der Waals surface area contributed by atoms with Crippen molar-refractivity contribution in [2.24, 2.45) is 5.92 Å². The fourth-order valence-corrected chi connectivity index (χ4v) is 4.11. The predicted molar refractivity (Wildman–Crippen MR) is 76.2 cm³/mol. The van der Waals surface area contributed by atoms with E-state index >= 15 is 0 Å². The molecule has 1 aliphatic rings. The van der Waals surface area contributed by atoms with Crippen LogP contribution in [0.4, 0.5) is 0 Å². The predicted octanol–water partition coefficient (Wildman–Crippen LogP) is 2.60. The zero-order chi connectivity index (χ0) is 14.3. The Morgan fingerprint density at radius 1 is 1.16 bits per heavy atom. The van der Waals surface area contributed by atoms with Gasteiger partial charge in [0.15, 0.2) is 15.6 Å². The first kappa shape index (κ1) is 14.3. The molecule has 1 heterocycles. The van der Waals surface area contributed by atoms with Crippen LogP contribution in [0, 0.1) is 5.92 Å². The zero-order valence-electron chi connectivity index (χ0n) is 11.6.